The van der Waals surface area contributed by atoms with Gasteiger partial charge in [0.15, 0.2) is 11.6 Å². The number of ketones is 2. The van der Waals surface area contributed by atoms with Crippen LogP contribution in [0.25, 0.3) is 11.1 Å². The van der Waals surface area contributed by atoms with Gasteiger partial charge in [0.25, 0.3) is 0 Å². The summed E-state index contributed by atoms with van der Waals surface area (Å²) in [7, 11) is 1.44. The number of phenolic OH excluding ortho intramolecular Hbond substituents is 2. The molecule has 0 spiro atoms. The second-order valence-corrected chi connectivity index (χ2v) is 17.9. The molecular weight excluding hydrogens is 789 g/mol. The Bertz CT molecular complexity index is 1850. The van der Waals surface area contributed by atoms with E-state index < -0.39 is 53.5 Å². The number of β-amino-alcohol motifs (C(OH)–C–C–N with tert-alkyl or cyclic N) is 1. The number of fused-ring (bicyclic) bond motifs is 5. The average Bonchev–Trinajstić information content (AvgIpc) is 3.64. The number of aliphatic hydroxyl groups excluding tert-OH is 1. The summed E-state index contributed by atoms with van der Waals surface area (Å²) >= 11 is 0. The van der Waals surface area contributed by atoms with E-state index in [-0.39, 0.29) is 73.6 Å². The molecule has 0 aromatic heterocycles. The quantitative estimate of drug-likeness (QED) is 0.0807. The third kappa shape index (κ3) is 14.7. The zero-order valence-electron chi connectivity index (χ0n) is 37.8. The highest BCUT2D eigenvalue weighted by atomic mass is 16.3. The van der Waals surface area contributed by atoms with E-state index in [1.807, 2.05) is 6.92 Å². The van der Waals surface area contributed by atoms with Crippen LogP contribution >= 0.6 is 0 Å². The van der Waals surface area contributed by atoms with Crippen molar-refractivity contribution in [2.24, 2.45) is 5.92 Å². The number of likely N-dealkylation sites (tertiary alicyclic amines) is 1. The van der Waals surface area contributed by atoms with Crippen LogP contribution in [-0.4, -0.2) is 98.1 Å². The van der Waals surface area contributed by atoms with Gasteiger partial charge in [0, 0.05) is 68.8 Å². The van der Waals surface area contributed by atoms with E-state index in [9.17, 15) is 44.1 Å². The number of amides is 4. The number of aliphatic hydroxyl groups is 1. The van der Waals surface area contributed by atoms with Crippen molar-refractivity contribution in [3.8, 4) is 22.6 Å². The summed E-state index contributed by atoms with van der Waals surface area (Å²) in [6, 6.07) is 6.04. The molecule has 1 fully saturated rings. The van der Waals surface area contributed by atoms with Crippen molar-refractivity contribution >= 4 is 35.2 Å². The first kappa shape index (κ1) is 49.9. The number of rotatable bonds is 21. The molecule has 13 nitrogen and oxygen atoms in total. The Kier molecular flexibility index (Phi) is 19.9. The molecule has 2 aliphatic rings. The number of unbranched alkanes of at least 4 members (excludes halogenated alkanes) is 12. The molecule has 4 bridgehead atoms. The number of likely N-dealkylation sites (N-methyl/N-ethyl adjacent to an activating group) is 1. The normalized spacial score (nSPS) is 20.9. The molecule has 2 aromatic rings. The molecule has 2 heterocycles. The van der Waals surface area contributed by atoms with Crippen LogP contribution in [0.5, 0.6) is 11.5 Å². The van der Waals surface area contributed by atoms with Gasteiger partial charge in [0.1, 0.15) is 23.6 Å². The number of hydrogen-bond acceptors (Lipinski definition) is 9. The molecule has 62 heavy (non-hydrogen) atoms. The molecule has 4 rings (SSSR count). The van der Waals surface area contributed by atoms with Crippen LogP contribution in [-0.2, 0) is 35.2 Å². The van der Waals surface area contributed by atoms with Crippen molar-refractivity contribution in [2.45, 2.75) is 180 Å². The monoisotopic (exact) mass is 861 g/mol. The highest BCUT2D eigenvalue weighted by Crippen LogP contribution is 2.39. The average molecular weight is 861 g/mol. The first-order valence-electron chi connectivity index (χ1n) is 23.2. The van der Waals surface area contributed by atoms with Gasteiger partial charge < -0.3 is 35.8 Å². The largest absolute Gasteiger partial charge is 0.507 e. The van der Waals surface area contributed by atoms with Crippen LogP contribution < -0.4 is 10.6 Å². The van der Waals surface area contributed by atoms with E-state index in [0.717, 1.165) is 24.8 Å². The Labute approximate surface area is 368 Å². The maximum absolute atomic E-state index is 14.0. The molecule has 0 unspecified atom stereocenters. The number of nitrogens with one attached hydrogen (secondary N) is 2. The molecule has 0 aliphatic carbocycles. The van der Waals surface area contributed by atoms with Crippen LogP contribution in [0.3, 0.4) is 0 Å². The molecule has 6 atom stereocenters. The number of nitrogens with zero attached hydrogens (tertiary/aromatic N) is 2. The van der Waals surface area contributed by atoms with E-state index in [2.05, 4.69) is 17.6 Å². The van der Waals surface area contributed by atoms with Crippen LogP contribution in [0.4, 0.5) is 0 Å². The van der Waals surface area contributed by atoms with E-state index in [4.69, 9.17) is 0 Å². The number of Topliss-reactive ketones (excluding diaryl/α,β-unsaturated/α-hetero) is 2. The van der Waals surface area contributed by atoms with Gasteiger partial charge in [-0.3, -0.25) is 28.8 Å². The van der Waals surface area contributed by atoms with E-state index in [0.29, 0.717) is 24.0 Å². The summed E-state index contributed by atoms with van der Waals surface area (Å²) in [5.41, 5.74) is 1.74. The fraction of sp³-hybridized carbons (Fsp3) is 0.633. The fourth-order valence-corrected chi connectivity index (χ4v) is 8.72. The van der Waals surface area contributed by atoms with Crippen LogP contribution in [0, 0.1) is 5.92 Å². The second kappa shape index (κ2) is 24.8. The van der Waals surface area contributed by atoms with Gasteiger partial charge in [0.05, 0.1) is 12.1 Å². The number of hydrogen-bond donors (Lipinski definition) is 5. The Balaban J connectivity index is 1.31. The smallest absolute Gasteiger partial charge is 0.243 e. The molecule has 342 valence electrons. The summed E-state index contributed by atoms with van der Waals surface area (Å²) in [4.78, 5) is 83.5. The fourth-order valence-electron chi connectivity index (χ4n) is 8.72. The summed E-state index contributed by atoms with van der Waals surface area (Å²) in [6.07, 6.45) is 14.7. The van der Waals surface area contributed by atoms with Gasteiger partial charge in [-0.1, -0.05) is 103 Å². The molecule has 5 N–H and O–H groups in total. The maximum atomic E-state index is 14.0. The Morgan fingerprint density at radius 2 is 1.39 bits per heavy atom. The molecule has 4 amide bonds. The van der Waals surface area contributed by atoms with Crippen molar-refractivity contribution in [3.05, 3.63) is 47.5 Å². The molecule has 1 saturated heterocycles. The standard InChI is InChI=1S/C49H72N4O9/c1-6-7-8-9-10-11-12-13-14-15-16-17-18-19-46(60)53-31-37(54)30-40(53)49(62)51-34(4)41(55)24-25-45(59)52(5)47-36-21-23-43(57)39(29-36)38-28-35(20-22-42(38)56)27-33(3)50-48(61)32(2)26-44(47)58/h20-23,28-29,32-34,37,40,47,54,56-57H,6-19,24-27,30-31H2,1-5H3,(H,50,61)(H,51,62)/t32-,33-,34-,37-,40-,47+/m1/s1. The topological polar surface area (TPSA) is 194 Å². The summed E-state index contributed by atoms with van der Waals surface area (Å²) in [5, 5.41) is 37.8. The minimum atomic E-state index is -1.19. The van der Waals surface area contributed by atoms with Crippen molar-refractivity contribution in [2.75, 3.05) is 13.6 Å². The molecule has 2 aliphatic heterocycles. The second-order valence-electron chi connectivity index (χ2n) is 17.9. The lowest BCUT2D eigenvalue weighted by Crippen LogP contribution is -2.50. The van der Waals surface area contributed by atoms with Crippen LogP contribution in [0.2, 0.25) is 0 Å². The molecule has 0 saturated carbocycles. The van der Waals surface area contributed by atoms with Gasteiger partial charge >= 0.3 is 0 Å². The van der Waals surface area contributed by atoms with E-state index >= 15 is 0 Å². The lowest BCUT2D eigenvalue weighted by atomic mass is 9.90. The Morgan fingerprint density at radius 1 is 0.806 bits per heavy atom. The van der Waals surface area contributed by atoms with Gasteiger partial charge in [-0.2, -0.15) is 0 Å². The summed E-state index contributed by atoms with van der Waals surface area (Å²) in [5.74, 6) is -3.41. The number of aromatic hydroxyl groups is 2. The lowest BCUT2D eigenvalue weighted by molar-refractivity contribution is -0.140. The number of benzene rings is 2. The van der Waals surface area contributed by atoms with Crippen molar-refractivity contribution in [3.63, 3.8) is 0 Å². The first-order chi connectivity index (χ1) is 29.6. The highest BCUT2D eigenvalue weighted by Gasteiger charge is 2.39. The number of carbonyl (C=O) groups is 6. The lowest BCUT2D eigenvalue weighted by Gasteiger charge is -2.29. The minimum absolute atomic E-state index is 0.0526. The van der Waals surface area contributed by atoms with Crippen molar-refractivity contribution < 1.29 is 44.1 Å². The van der Waals surface area contributed by atoms with Crippen molar-refractivity contribution in [1.82, 2.24) is 20.4 Å². The van der Waals surface area contributed by atoms with Crippen LogP contribution in [0.15, 0.2) is 36.4 Å². The Hall–Kier alpha value is -4.78. The molecule has 0 radical (unpaired) electrons. The Morgan fingerprint density at radius 3 is 2.02 bits per heavy atom. The highest BCUT2D eigenvalue weighted by molar-refractivity contribution is 5.96. The summed E-state index contributed by atoms with van der Waals surface area (Å²) in [6.45, 7) is 7.27. The zero-order valence-corrected chi connectivity index (χ0v) is 37.8. The van der Waals surface area contributed by atoms with E-state index in [1.165, 1.54) is 99.8 Å². The third-order valence-electron chi connectivity index (χ3n) is 12.5. The van der Waals surface area contributed by atoms with Crippen molar-refractivity contribution in [1.29, 1.82) is 0 Å². The predicted octanol–water partition coefficient (Wildman–Crippen LogP) is 7.22. The maximum Gasteiger partial charge on any atom is 0.243 e. The molecule has 13 heteroatoms. The third-order valence-corrected chi connectivity index (χ3v) is 12.5. The number of carbonyl (C=O) groups excluding carboxylic acids is 6. The SMILES string of the molecule is CCCCCCCCCCCCCCCC(=O)N1C[C@H](O)C[C@@H]1C(=O)N[C@H](C)C(=O)CCC(=O)N(C)[C@@H]1C(=O)C[C@@H](C)C(=O)N[C@H](C)Cc2ccc(O)c(c2)-c2cc1ccc2O. The van der Waals surface area contributed by atoms with Gasteiger partial charge in [-0.25, -0.2) is 0 Å². The first-order valence-corrected chi connectivity index (χ1v) is 23.2. The van der Waals surface area contributed by atoms with Gasteiger partial charge in [-0.15, -0.1) is 0 Å². The molecular formula is C49H72N4O9. The van der Waals surface area contributed by atoms with Gasteiger partial charge in [-0.05, 0) is 62.1 Å². The van der Waals surface area contributed by atoms with Crippen LogP contribution in [0.1, 0.15) is 160 Å². The number of phenols is 2. The predicted molar refractivity (Wildman–Crippen MR) is 239 cm³/mol. The minimum Gasteiger partial charge on any atom is -0.507 e. The zero-order chi connectivity index (χ0) is 45.3. The van der Waals surface area contributed by atoms with Gasteiger partial charge in [0.2, 0.25) is 23.6 Å². The summed E-state index contributed by atoms with van der Waals surface area (Å²) < 4.78 is 0. The van der Waals surface area contributed by atoms with E-state index in [1.54, 1.807) is 25.1 Å². The molecule has 2 aromatic carbocycles.